The molecule has 0 unspecified atom stereocenters. The van der Waals surface area contributed by atoms with E-state index in [0.717, 1.165) is 0 Å². The Labute approximate surface area is 152 Å². The van der Waals surface area contributed by atoms with Crippen molar-refractivity contribution >= 4 is 39.8 Å². The fourth-order valence-electron chi connectivity index (χ4n) is 2.55. The zero-order valence-electron chi connectivity index (χ0n) is 16.8. The van der Waals surface area contributed by atoms with Crippen LogP contribution in [0, 0.1) is 0 Å². The molecule has 3 nitrogen and oxygen atoms in total. The van der Waals surface area contributed by atoms with Crippen molar-refractivity contribution in [2.75, 3.05) is 0 Å². The molecule has 7 heteroatoms. The molecule has 0 spiro atoms. The van der Waals surface area contributed by atoms with Crippen LogP contribution in [-0.4, -0.2) is 33.8 Å². The summed E-state index contributed by atoms with van der Waals surface area (Å²) in [4.78, 5) is 0. The number of rotatable bonds is 8. The van der Waals surface area contributed by atoms with Crippen molar-refractivity contribution in [2.45, 2.75) is 58.9 Å². The summed E-state index contributed by atoms with van der Waals surface area (Å²) in [5.41, 5.74) is 3.43. The topological polar surface area (TPSA) is 27.7 Å². The van der Waals surface area contributed by atoms with Crippen molar-refractivity contribution in [1.82, 2.24) is 0 Å². The SMILES string of the molecule is C[Si](C)(C)O[Si](C)(O[Si](C)(C)C)O[Si](C)(C)C=Cc1ccccc1. The van der Waals surface area contributed by atoms with Crippen molar-refractivity contribution in [2.24, 2.45) is 0 Å². The molecule has 0 amide bonds. The van der Waals surface area contributed by atoms with Gasteiger partial charge in [0.2, 0.25) is 8.32 Å². The van der Waals surface area contributed by atoms with Gasteiger partial charge < -0.3 is 12.3 Å². The highest BCUT2D eigenvalue weighted by molar-refractivity contribution is 6.91. The van der Waals surface area contributed by atoms with E-state index in [1.165, 1.54) is 5.56 Å². The van der Waals surface area contributed by atoms with Crippen molar-refractivity contribution < 1.29 is 12.3 Å². The van der Waals surface area contributed by atoms with Crippen LogP contribution >= 0.6 is 0 Å². The smallest absolute Gasteiger partial charge is 0.417 e. The van der Waals surface area contributed by atoms with Gasteiger partial charge in [-0.2, -0.15) is 0 Å². The van der Waals surface area contributed by atoms with Crippen LogP contribution in [0.5, 0.6) is 0 Å². The van der Waals surface area contributed by atoms with Gasteiger partial charge >= 0.3 is 8.80 Å². The van der Waals surface area contributed by atoms with Crippen molar-refractivity contribution in [3.8, 4) is 0 Å². The van der Waals surface area contributed by atoms with Crippen LogP contribution in [0.1, 0.15) is 5.56 Å². The second-order valence-electron chi connectivity index (χ2n) is 8.74. The summed E-state index contributed by atoms with van der Waals surface area (Å²) in [6, 6.07) is 10.3. The molecule has 1 rings (SSSR count). The summed E-state index contributed by atoms with van der Waals surface area (Å²) in [6.45, 7) is 19.7. The molecule has 0 heterocycles. The Morgan fingerprint density at radius 3 is 1.54 bits per heavy atom. The Balaban J connectivity index is 2.96. The zero-order valence-corrected chi connectivity index (χ0v) is 20.8. The van der Waals surface area contributed by atoms with Gasteiger partial charge in [-0.1, -0.05) is 42.1 Å². The molecule has 0 atom stereocenters. The van der Waals surface area contributed by atoms with E-state index in [0.29, 0.717) is 0 Å². The Morgan fingerprint density at radius 1 is 0.667 bits per heavy atom. The summed E-state index contributed by atoms with van der Waals surface area (Å²) in [5, 5.41) is 0. The van der Waals surface area contributed by atoms with Crippen molar-refractivity contribution in [1.29, 1.82) is 0 Å². The average Bonchev–Trinajstić information content (AvgIpc) is 2.31. The maximum Gasteiger partial charge on any atom is 0.466 e. The van der Waals surface area contributed by atoms with Crippen molar-refractivity contribution in [3.63, 3.8) is 0 Å². The summed E-state index contributed by atoms with van der Waals surface area (Å²) < 4.78 is 19.5. The molecule has 136 valence electrons. The first-order chi connectivity index (χ1) is 10.7. The zero-order chi connectivity index (χ0) is 18.6. The highest BCUT2D eigenvalue weighted by Crippen LogP contribution is 2.26. The first-order valence-corrected chi connectivity index (χ1v) is 20.6. The van der Waals surface area contributed by atoms with E-state index in [2.05, 4.69) is 95.0 Å². The van der Waals surface area contributed by atoms with Gasteiger partial charge in [-0.05, 0) is 57.9 Å². The second-order valence-corrected chi connectivity index (χ2v) is 24.9. The van der Waals surface area contributed by atoms with E-state index in [4.69, 9.17) is 12.3 Å². The van der Waals surface area contributed by atoms with Crippen LogP contribution in [-0.2, 0) is 12.3 Å². The molecular formula is C17H34O3Si4. The van der Waals surface area contributed by atoms with Gasteiger partial charge in [0.15, 0.2) is 16.6 Å². The number of hydrogen-bond donors (Lipinski definition) is 0. The highest BCUT2D eigenvalue weighted by Gasteiger charge is 2.46. The van der Waals surface area contributed by atoms with E-state index in [9.17, 15) is 0 Å². The van der Waals surface area contributed by atoms with Gasteiger partial charge in [0.05, 0.1) is 0 Å². The monoisotopic (exact) mass is 398 g/mol. The third-order valence-corrected chi connectivity index (χ3v) is 15.3. The molecule has 0 radical (unpaired) electrons. The molecule has 24 heavy (non-hydrogen) atoms. The standard InChI is InChI=1S/C17H34O3Si4/c1-21(2,3)18-24(9,19-22(4,5)6)20-23(7,8)16-15-17-13-11-10-12-14-17/h10-16H,1-9H3. The molecule has 0 bridgehead atoms. The quantitative estimate of drug-likeness (QED) is 0.523. The van der Waals surface area contributed by atoms with Crippen molar-refractivity contribution in [3.05, 3.63) is 41.6 Å². The average molecular weight is 399 g/mol. The fourth-order valence-corrected chi connectivity index (χ4v) is 17.8. The van der Waals surface area contributed by atoms with Gasteiger partial charge in [-0.3, -0.25) is 0 Å². The molecule has 0 aliphatic heterocycles. The van der Waals surface area contributed by atoms with Gasteiger partial charge in [0, 0.05) is 6.55 Å². The fraction of sp³-hybridized carbons (Fsp3) is 0.529. The van der Waals surface area contributed by atoms with Gasteiger partial charge in [0.1, 0.15) is 0 Å². The van der Waals surface area contributed by atoms with Gasteiger partial charge in [0.25, 0.3) is 0 Å². The highest BCUT2D eigenvalue weighted by atomic mass is 28.5. The predicted molar refractivity (Wildman–Crippen MR) is 115 cm³/mol. The van der Waals surface area contributed by atoms with E-state index < -0.39 is 33.8 Å². The minimum Gasteiger partial charge on any atom is -0.417 e. The first kappa shape index (κ1) is 21.7. The Bertz CT molecular complexity index is 529. The van der Waals surface area contributed by atoms with Crippen LogP contribution in [0.4, 0.5) is 0 Å². The van der Waals surface area contributed by atoms with Crippen LogP contribution in [0.3, 0.4) is 0 Å². The van der Waals surface area contributed by atoms with E-state index in [1.807, 2.05) is 6.07 Å². The Morgan fingerprint density at radius 2 is 1.12 bits per heavy atom. The van der Waals surface area contributed by atoms with Gasteiger partial charge in [-0.15, -0.1) is 0 Å². The Kier molecular flexibility index (Phi) is 7.20. The summed E-state index contributed by atoms with van der Waals surface area (Å²) >= 11 is 0. The normalized spacial score (nSPS) is 14.4. The maximum atomic E-state index is 6.62. The Hall–Kier alpha value is -0.292. The van der Waals surface area contributed by atoms with E-state index in [-0.39, 0.29) is 0 Å². The van der Waals surface area contributed by atoms with Crippen LogP contribution < -0.4 is 0 Å². The molecular weight excluding hydrogens is 365 g/mol. The molecule has 0 aromatic heterocycles. The van der Waals surface area contributed by atoms with Gasteiger partial charge in [-0.25, -0.2) is 0 Å². The minimum absolute atomic E-state index is 1.20. The van der Waals surface area contributed by atoms with Crippen LogP contribution in [0.2, 0.25) is 58.9 Å². The molecule has 0 saturated heterocycles. The number of hydrogen-bond acceptors (Lipinski definition) is 3. The largest absolute Gasteiger partial charge is 0.466 e. The third kappa shape index (κ3) is 9.26. The van der Waals surface area contributed by atoms with E-state index in [1.54, 1.807) is 0 Å². The second kappa shape index (κ2) is 7.94. The minimum atomic E-state index is -2.66. The van der Waals surface area contributed by atoms with Crippen LogP contribution in [0.25, 0.3) is 6.08 Å². The lowest BCUT2D eigenvalue weighted by molar-refractivity contribution is 0.264. The lowest BCUT2D eigenvalue weighted by Crippen LogP contribution is -2.58. The maximum absolute atomic E-state index is 6.62. The van der Waals surface area contributed by atoms with E-state index >= 15 is 0 Å². The third-order valence-electron chi connectivity index (χ3n) is 2.91. The first-order valence-electron chi connectivity index (χ1n) is 8.55. The molecule has 0 aliphatic rings. The molecule has 0 fully saturated rings. The number of benzene rings is 1. The summed E-state index contributed by atoms with van der Waals surface area (Å²) in [6.07, 6.45) is 2.16. The molecule has 0 saturated carbocycles. The molecule has 0 aliphatic carbocycles. The summed E-state index contributed by atoms with van der Waals surface area (Å²) in [7, 11) is -8.20. The molecule has 1 aromatic carbocycles. The lowest BCUT2D eigenvalue weighted by atomic mass is 10.2. The molecule has 1 aromatic rings. The lowest BCUT2D eigenvalue weighted by Gasteiger charge is -2.40. The summed E-state index contributed by atoms with van der Waals surface area (Å²) in [5.74, 6) is 0. The van der Waals surface area contributed by atoms with Crippen LogP contribution in [0.15, 0.2) is 36.0 Å². The molecule has 0 N–H and O–H groups in total. The predicted octanol–water partition coefficient (Wildman–Crippen LogP) is 5.73.